The highest BCUT2D eigenvalue weighted by Gasteiger charge is 2.05. The lowest BCUT2D eigenvalue weighted by Gasteiger charge is -2.09. The maximum atomic E-state index is 11.8. The maximum Gasteiger partial charge on any atom is 0.251 e. The predicted octanol–water partition coefficient (Wildman–Crippen LogP) is 4.46. The zero-order valence-electron chi connectivity index (χ0n) is 11.6. The van der Waals surface area contributed by atoms with Crippen LogP contribution < -0.4 is 10.6 Å². The molecule has 5 heteroatoms. The molecule has 110 valence electrons. The van der Waals surface area contributed by atoms with E-state index in [-0.39, 0.29) is 5.91 Å². The number of amides is 1. The van der Waals surface area contributed by atoms with Crippen molar-refractivity contribution in [1.29, 1.82) is 0 Å². The number of nitrogens with one attached hydrogen (secondary N) is 2. The van der Waals surface area contributed by atoms with Crippen molar-refractivity contribution < 1.29 is 4.79 Å². The molecule has 1 amide bonds. The lowest BCUT2D eigenvalue weighted by molar-refractivity contribution is 0.0956. The first-order chi connectivity index (χ1) is 10.1. The predicted molar refractivity (Wildman–Crippen MR) is 90.9 cm³/mol. The Morgan fingerprint density at radius 2 is 2.05 bits per heavy atom. The number of anilines is 1. The summed E-state index contributed by atoms with van der Waals surface area (Å²) in [7, 11) is 0. The first-order valence-corrected chi connectivity index (χ1v) is 7.83. The fourth-order valence-corrected chi connectivity index (χ4v) is 2.34. The number of halogens is 2. The van der Waals surface area contributed by atoms with Gasteiger partial charge in [-0.2, -0.15) is 0 Å². The number of carbonyl (C=O) groups excluding carboxylic acids is 1. The number of hydrogen-bond acceptors (Lipinski definition) is 2. The van der Waals surface area contributed by atoms with Crippen LogP contribution in [0.4, 0.5) is 5.69 Å². The number of hydrogen-bond donors (Lipinski definition) is 2. The van der Waals surface area contributed by atoms with Crippen LogP contribution >= 0.6 is 27.5 Å². The highest BCUT2D eigenvalue weighted by molar-refractivity contribution is 9.10. The summed E-state index contributed by atoms with van der Waals surface area (Å²) < 4.78 is 0.881. The molecule has 2 N–H and O–H groups in total. The van der Waals surface area contributed by atoms with E-state index in [2.05, 4.69) is 26.6 Å². The molecule has 0 aliphatic carbocycles. The summed E-state index contributed by atoms with van der Waals surface area (Å²) in [4.78, 5) is 11.8. The molecule has 0 saturated carbocycles. The third kappa shape index (κ3) is 4.48. The number of rotatable bonds is 5. The highest BCUT2D eigenvalue weighted by Crippen LogP contribution is 2.23. The van der Waals surface area contributed by atoms with Crippen LogP contribution in [0.3, 0.4) is 0 Å². The standard InChI is InChI=1S/C16H16BrClN2O/c1-2-19-16(21)12-4-3-5-13(9-12)20-10-11-6-7-14(17)15(18)8-11/h3-9,20H,2,10H2,1H3,(H,19,21). The van der Waals surface area contributed by atoms with Crippen molar-refractivity contribution in [2.75, 3.05) is 11.9 Å². The van der Waals surface area contributed by atoms with Crippen LogP contribution in [0.25, 0.3) is 0 Å². The fourth-order valence-electron chi connectivity index (χ4n) is 1.89. The van der Waals surface area contributed by atoms with Crippen molar-refractivity contribution in [2.24, 2.45) is 0 Å². The summed E-state index contributed by atoms with van der Waals surface area (Å²) in [5.74, 6) is -0.0622. The van der Waals surface area contributed by atoms with Gasteiger partial charge in [0.1, 0.15) is 0 Å². The molecule has 0 atom stereocenters. The molecule has 3 nitrogen and oxygen atoms in total. The minimum Gasteiger partial charge on any atom is -0.381 e. The summed E-state index contributed by atoms with van der Waals surface area (Å²) in [5, 5.41) is 6.76. The van der Waals surface area contributed by atoms with E-state index in [1.165, 1.54) is 0 Å². The quantitative estimate of drug-likeness (QED) is 0.819. The molecule has 0 unspecified atom stereocenters. The molecule has 2 rings (SSSR count). The third-order valence-corrected chi connectivity index (χ3v) is 4.18. The van der Waals surface area contributed by atoms with E-state index in [4.69, 9.17) is 11.6 Å². The molecule has 0 aliphatic rings. The van der Waals surface area contributed by atoms with Gasteiger partial charge in [0.25, 0.3) is 5.91 Å². The molecule has 2 aromatic carbocycles. The van der Waals surface area contributed by atoms with Crippen LogP contribution in [-0.2, 0) is 6.54 Å². The molecule has 0 radical (unpaired) electrons. The summed E-state index contributed by atoms with van der Waals surface area (Å²) in [6, 6.07) is 13.3. The van der Waals surface area contributed by atoms with Crippen molar-refractivity contribution in [3.8, 4) is 0 Å². The lowest BCUT2D eigenvalue weighted by atomic mass is 10.1. The second-order valence-electron chi connectivity index (χ2n) is 4.54. The van der Waals surface area contributed by atoms with E-state index < -0.39 is 0 Å². The second kappa shape index (κ2) is 7.48. The van der Waals surface area contributed by atoms with Gasteiger partial charge in [0.15, 0.2) is 0 Å². The van der Waals surface area contributed by atoms with Crippen LogP contribution in [0.2, 0.25) is 5.02 Å². The van der Waals surface area contributed by atoms with E-state index >= 15 is 0 Å². The fraction of sp³-hybridized carbons (Fsp3) is 0.188. The molecule has 0 fully saturated rings. The van der Waals surface area contributed by atoms with Crippen LogP contribution in [0.15, 0.2) is 46.9 Å². The minimum atomic E-state index is -0.0622. The van der Waals surface area contributed by atoms with Crippen LogP contribution in [0, 0.1) is 0 Å². The Kier molecular flexibility index (Phi) is 5.65. The monoisotopic (exact) mass is 366 g/mol. The SMILES string of the molecule is CCNC(=O)c1cccc(NCc2ccc(Br)c(Cl)c2)c1. The number of benzene rings is 2. The largest absolute Gasteiger partial charge is 0.381 e. The molecule has 2 aromatic rings. The molecule has 0 aromatic heterocycles. The zero-order chi connectivity index (χ0) is 15.2. The van der Waals surface area contributed by atoms with Gasteiger partial charge in [-0.05, 0) is 58.7 Å². The minimum absolute atomic E-state index is 0.0622. The summed E-state index contributed by atoms with van der Waals surface area (Å²) in [5.41, 5.74) is 2.63. The first kappa shape index (κ1) is 15.9. The molecule has 0 heterocycles. The highest BCUT2D eigenvalue weighted by atomic mass is 79.9. The summed E-state index contributed by atoms with van der Waals surface area (Å²) in [6.07, 6.45) is 0. The Labute approximate surface area is 137 Å². The maximum absolute atomic E-state index is 11.8. The Balaban J connectivity index is 2.04. The van der Waals surface area contributed by atoms with Gasteiger partial charge in [-0.25, -0.2) is 0 Å². The Bertz CT molecular complexity index is 646. The van der Waals surface area contributed by atoms with Crippen molar-refractivity contribution in [3.05, 3.63) is 63.1 Å². The van der Waals surface area contributed by atoms with Gasteiger partial charge in [0, 0.05) is 28.8 Å². The lowest BCUT2D eigenvalue weighted by Crippen LogP contribution is -2.22. The van der Waals surface area contributed by atoms with Gasteiger partial charge in [-0.15, -0.1) is 0 Å². The van der Waals surface area contributed by atoms with E-state index in [1.54, 1.807) is 6.07 Å². The first-order valence-electron chi connectivity index (χ1n) is 6.66. The summed E-state index contributed by atoms with van der Waals surface area (Å²) >= 11 is 9.44. The Hall–Kier alpha value is -1.52. The van der Waals surface area contributed by atoms with E-state index in [1.807, 2.05) is 43.3 Å². The smallest absolute Gasteiger partial charge is 0.251 e. The molecule has 0 saturated heterocycles. The normalized spacial score (nSPS) is 10.2. The van der Waals surface area contributed by atoms with Gasteiger partial charge >= 0.3 is 0 Å². The van der Waals surface area contributed by atoms with E-state index in [0.29, 0.717) is 23.7 Å². The van der Waals surface area contributed by atoms with E-state index in [0.717, 1.165) is 15.7 Å². The van der Waals surface area contributed by atoms with Crippen LogP contribution in [0.5, 0.6) is 0 Å². The van der Waals surface area contributed by atoms with Crippen molar-refractivity contribution in [1.82, 2.24) is 5.32 Å². The number of carbonyl (C=O) groups is 1. The van der Waals surface area contributed by atoms with Crippen LogP contribution in [-0.4, -0.2) is 12.5 Å². The topological polar surface area (TPSA) is 41.1 Å². The second-order valence-corrected chi connectivity index (χ2v) is 5.80. The van der Waals surface area contributed by atoms with Crippen molar-refractivity contribution >= 4 is 39.1 Å². The molecular weight excluding hydrogens is 352 g/mol. The average Bonchev–Trinajstić information content (AvgIpc) is 2.49. The zero-order valence-corrected chi connectivity index (χ0v) is 14.0. The van der Waals surface area contributed by atoms with Crippen molar-refractivity contribution in [2.45, 2.75) is 13.5 Å². The van der Waals surface area contributed by atoms with Gasteiger partial charge in [0.2, 0.25) is 0 Å². The molecule has 0 aliphatic heterocycles. The van der Waals surface area contributed by atoms with Gasteiger partial charge in [0.05, 0.1) is 5.02 Å². The Morgan fingerprint density at radius 1 is 1.24 bits per heavy atom. The van der Waals surface area contributed by atoms with Gasteiger partial charge < -0.3 is 10.6 Å². The van der Waals surface area contributed by atoms with Gasteiger partial charge in [-0.3, -0.25) is 4.79 Å². The summed E-state index contributed by atoms with van der Waals surface area (Å²) in [6.45, 7) is 3.16. The average molecular weight is 368 g/mol. The molecular formula is C16H16BrClN2O. The van der Waals surface area contributed by atoms with Gasteiger partial charge in [-0.1, -0.05) is 23.7 Å². The molecule has 21 heavy (non-hydrogen) atoms. The molecule has 0 bridgehead atoms. The Morgan fingerprint density at radius 3 is 2.76 bits per heavy atom. The molecule has 0 spiro atoms. The third-order valence-electron chi connectivity index (χ3n) is 2.94. The van der Waals surface area contributed by atoms with Crippen molar-refractivity contribution in [3.63, 3.8) is 0 Å². The van der Waals surface area contributed by atoms with E-state index in [9.17, 15) is 4.79 Å². The van der Waals surface area contributed by atoms with Crippen LogP contribution in [0.1, 0.15) is 22.8 Å².